The molecule has 2 aromatic rings. The third-order valence-corrected chi connectivity index (χ3v) is 4.62. The lowest BCUT2D eigenvalue weighted by molar-refractivity contribution is 0.289. The summed E-state index contributed by atoms with van der Waals surface area (Å²) in [5, 5.41) is 4.35. The molecule has 0 aliphatic heterocycles. The Morgan fingerprint density at radius 1 is 1.40 bits per heavy atom. The normalized spacial score (nSPS) is 12.5. The molecule has 0 aliphatic carbocycles. The highest BCUT2D eigenvalue weighted by atomic mass is 79.9. The van der Waals surface area contributed by atoms with Crippen LogP contribution in [0.1, 0.15) is 29.9 Å². The zero-order valence-corrected chi connectivity index (χ0v) is 14.8. The third kappa shape index (κ3) is 3.24. The van der Waals surface area contributed by atoms with E-state index < -0.39 is 0 Å². The Bertz CT molecular complexity index is 623. The summed E-state index contributed by atoms with van der Waals surface area (Å²) in [6.45, 7) is 4.34. The van der Waals surface area contributed by atoms with E-state index in [0.717, 1.165) is 31.6 Å². The third-order valence-electron chi connectivity index (χ3n) is 3.09. The van der Waals surface area contributed by atoms with Crippen LogP contribution in [0, 0.1) is 6.92 Å². The van der Waals surface area contributed by atoms with E-state index in [1.807, 2.05) is 43.8 Å². The molecule has 1 atom stereocenters. The number of nitrogens with zero attached hydrogens (tertiary/aromatic N) is 2. The van der Waals surface area contributed by atoms with Gasteiger partial charge in [-0.1, -0.05) is 22.0 Å². The van der Waals surface area contributed by atoms with Gasteiger partial charge in [0.25, 0.3) is 0 Å². The van der Waals surface area contributed by atoms with E-state index in [4.69, 9.17) is 10.5 Å². The highest BCUT2D eigenvalue weighted by Gasteiger charge is 2.13. The first-order valence-corrected chi connectivity index (χ1v) is 7.84. The van der Waals surface area contributed by atoms with E-state index in [1.165, 1.54) is 0 Å². The first-order valence-electron chi connectivity index (χ1n) is 6.26. The largest absolute Gasteiger partial charge is 0.487 e. The van der Waals surface area contributed by atoms with Crippen molar-refractivity contribution in [3.05, 3.63) is 44.1 Å². The van der Waals surface area contributed by atoms with Crippen molar-refractivity contribution < 1.29 is 4.74 Å². The van der Waals surface area contributed by atoms with Gasteiger partial charge in [-0.15, -0.1) is 0 Å². The van der Waals surface area contributed by atoms with Crippen LogP contribution in [0.5, 0.6) is 5.75 Å². The monoisotopic (exact) mass is 401 g/mol. The van der Waals surface area contributed by atoms with E-state index in [0.29, 0.717) is 6.61 Å². The van der Waals surface area contributed by atoms with Crippen LogP contribution in [0.3, 0.4) is 0 Å². The molecule has 0 unspecified atom stereocenters. The van der Waals surface area contributed by atoms with Gasteiger partial charge in [-0.25, -0.2) is 0 Å². The molecule has 0 bridgehead atoms. The topological polar surface area (TPSA) is 53.1 Å². The fourth-order valence-electron chi connectivity index (χ4n) is 1.99. The smallest absolute Gasteiger partial charge is 0.131 e. The summed E-state index contributed by atoms with van der Waals surface area (Å²) < 4.78 is 9.72. The second-order valence-electron chi connectivity index (χ2n) is 4.73. The van der Waals surface area contributed by atoms with Crippen molar-refractivity contribution in [3.63, 3.8) is 0 Å². The Kier molecular flexibility index (Phi) is 4.88. The highest BCUT2D eigenvalue weighted by Crippen LogP contribution is 2.29. The minimum Gasteiger partial charge on any atom is -0.487 e. The van der Waals surface area contributed by atoms with Crippen LogP contribution in [-0.2, 0) is 13.7 Å². The van der Waals surface area contributed by atoms with Gasteiger partial charge < -0.3 is 10.5 Å². The second-order valence-corrected chi connectivity index (χ2v) is 6.44. The molecule has 0 spiro atoms. The zero-order valence-electron chi connectivity index (χ0n) is 11.7. The van der Waals surface area contributed by atoms with Crippen LogP contribution < -0.4 is 10.5 Å². The molecule has 4 nitrogen and oxygen atoms in total. The Hall–Kier alpha value is -0.850. The maximum Gasteiger partial charge on any atom is 0.131 e. The lowest BCUT2D eigenvalue weighted by atomic mass is 10.1. The summed E-state index contributed by atoms with van der Waals surface area (Å²) >= 11 is 7.00. The Labute approximate surface area is 135 Å². The van der Waals surface area contributed by atoms with Crippen LogP contribution in [0.4, 0.5) is 0 Å². The molecule has 108 valence electrons. The summed E-state index contributed by atoms with van der Waals surface area (Å²) in [6, 6.07) is 5.81. The number of rotatable bonds is 4. The van der Waals surface area contributed by atoms with Gasteiger partial charge in [-0.3, -0.25) is 4.68 Å². The minimum absolute atomic E-state index is 0.0742. The lowest BCUT2D eigenvalue weighted by Gasteiger charge is -2.14. The predicted molar refractivity (Wildman–Crippen MR) is 86.7 cm³/mol. The molecule has 0 amide bonds. The van der Waals surface area contributed by atoms with E-state index >= 15 is 0 Å². The van der Waals surface area contributed by atoms with Crippen LogP contribution in [0.25, 0.3) is 0 Å². The summed E-state index contributed by atoms with van der Waals surface area (Å²) in [4.78, 5) is 0. The highest BCUT2D eigenvalue weighted by molar-refractivity contribution is 9.10. The molecule has 6 heteroatoms. The average molecular weight is 403 g/mol. The van der Waals surface area contributed by atoms with E-state index in [2.05, 4.69) is 37.0 Å². The van der Waals surface area contributed by atoms with Gasteiger partial charge in [0, 0.05) is 23.1 Å². The number of hydrogen-bond donors (Lipinski definition) is 1. The van der Waals surface area contributed by atoms with Gasteiger partial charge >= 0.3 is 0 Å². The zero-order chi connectivity index (χ0) is 14.9. The Morgan fingerprint density at radius 3 is 2.65 bits per heavy atom. The van der Waals surface area contributed by atoms with Crippen molar-refractivity contribution in [2.45, 2.75) is 26.5 Å². The van der Waals surface area contributed by atoms with Crippen LogP contribution in [0.2, 0.25) is 0 Å². The molecule has 2 N–H and O–H groups in total. The van der Waals surface area contributed by atoms with E-state index in [1.54, 1.807) is 0 Å². The number of ether oxygens (including phenoxy) is 1. The van der Waals surface area contributed by atoms with Crippen LogP contribution >= 0.6 is 31.9 Å². The van der Waals surface area contributed by atoms with Crippen LogP contribution in [0.15, 0.2) is 27.1 Å². The van der Waals surface area contributed by atoms with Gasteiger partial charge in [-0.2, -0.15) is 5.10 Å². The van der Waals surface area contributed by atoms with Gasteiger partial charge in [-0.05, 0) is 41.9 Å². The SMILES string of the molecule is Cc1nn(C)c(COc2cc(Br)ccc2[C@H](C)N)c1Br. The van der Waals surface area contributed by atoms with Crippen molar-refractivity contribution >= 4 is 31.9 Å². The Balaban J connectivity index is 2.24. The lowest BCUT2D eigenvalue weighted by Crippen LogP contribution is -2.09. The fourth-order valence-corrected chi connectivity index (χ4v) is 2.78. The molecular weight excluding hydrogens is 386 g/mol. The maximum absolute atomic E-state index is 5.98. The van der Waals surface area contributed by atoms with E-state index in [-0.39, 0.29) is 6.04 Å². The average Bonchev–Trinajstić information content (AvgIpc) is 2.61. The number of hydrogen-bond acceptors (Lipinski definition) is 3. The van der Waals surface area contributed by atoms with E-state index in [9.17, 15) is 0 Å². The van der Waals surface area contributed by atoms with Gasteiger partial charge in [0.15, 0.2) is 0 Å². The quantitative estimate of drug-likeness (QED) is 0.844. The summed E-state index contributed by atoms with van der Waals surface area (Å²) in [5.74, 6) is 0.792. The molecule has 0 radical (unpaired) electrons. The molecule has 1 aromatic carbocycles. The molecule has 1 aromatic heterocycles. The molecule has 0 saturated carbocycles. The maximum atomic E-state index is 5.98. The van der Waals surface area contributed by atoms with Crippen LogP contribution in [-0.4, -0.2) is 9.78 Å². The van der Waals surface area contributed by atoms with Crippen molar-refractivity contribution in [2.24, 2.45) is 12.8 Å². The number of halogens is 2. The number of benzene rings is 1. The number of nitrogens with two attached hydrogens (primary N) is 1. The van der Waals surface area contributed by atoms with Crippen molar-refractivity contribution in [3.8, 4) is 5.75 Å². The predicted octanol–water partition coefficient (Wildman–Crippen LogP) is 3.85. The van der Waals surface area contributed by atoms with Crippen molar-refractivity contribution in [1.82, 2.24) is 9.78 Å². The first-order chi connectivity index (χ1) is 9.40. The van der Waals surface area contributed by atoms with Gasteiger partial charge in [0.1, 0.15) is 12.4 Å². The molecule has 0 saturated heterocycles. The van der Waals surface area contributed by atoms with Gasteiger partial charge in [0.2, 0.25) is 0 Å². The summed E-state index contributed by atoms with van der Waals surface area (Å²) in [7, 11) is 1.91. The van der Waals surface area contributed by atoms with Crippen molar-refractivity contribution in [2.75, 3.05) is 0 Å². The van der Waals surface area contributed by atoms with Crippen molar-refractivity contribution in [1.29, 1.82) is 0 Å². The molecule has 20 heavy (non-hydrogen) atoms. The number of aromatic nitrogens is 2. The minimum atomic E-state index is -0.0742. The van der Waals surface area contributed by atoms with Gasteiger partial charge in [0.05, 0.1) is 15.9 Å². The summed E-state index contributed by atoms with van der Waals surface area (Å²) in [6.07, 6.45) is 0. The number of aryl methyl sites for hydroxylation is 2. The first kappa shape index (κ1) is 15.5. The standard InChI is InChI=1S/C14H17Br2N3O/c1-8(17)11-5-4-10(15)6-13(11)20-7-12-14(16)9(2)18-19(12)3/h4-6,8H,7,17H2,1-3H3/t8-/m0/s1. The second kappa shape index (κ2) is 6.28. The Morgan fingerprint density at radius 2 is 2.10 bits per heavy atom. The fraction of sp³-hybridized carbons (Fsp3) is 0.357. The molecule has 1 heterocycles. The summed E-state index contributed by atoms with van der Waals surface area (Å²) in [5.41, 5.74) is 8.91. The molecular formula is C14H17Br2N3O. The molecule has 0 aliphatic rings. The molecule has 2 rings (SSSR count). The molecule has 0 fully saturated rings.